The van der Waals surface area contributed by atoms with Gasteiger partial charge in [0.05, 0.1) is 25.5 Å². The van der Waals surface area contributed by atoms with E-state index >= 15 is 0 Å². The third-order valence-electron chi connectivity index (χ3n) is 5.85. The summed E-state index contributed by atoms with van der Waals surface area (Å²) < 4.78 is 18.3. The van der Waals surface area contributed by atoms with Crippen LogP contribution in [0.2, 0.25) is 0 Å². The van der Waals surface area contributed by atoms with Crippen LogP contribution in [0.4, 0.5) is 10.1 Å². The lowest BCUT2D eigenvalue weighted by atomic mass is 9.97. The van der Waals surface area contributed by atoms with Gasteiger partial charge in [-0.15, -0.1) is 0 Å². The number of halogens is 1. The standard InChI is InChI=1S/C26H31FN2O4/c1-3-24(30)29(17-20-7-11-22(27)12-8-20)23-13-9-19(10-14-23)16-25(31)28-15-5-6-21(18-28)26(32)33-4-2/h7-14,21H,3-6,15-18H2,1-2H3/t21-/m0/s1. The van der Waals surface area contributed by atoms with Crippen molar-refractivity contribution in [1.82, 2.24) is 4.90 Å². The Bertz CT molecular complexity index is 959. The smallest absolute Gasteiger partial charge is 0.310 e. The van der Waals surface area contributed by atoms with Crippen molar-refractivity contribution >= 4 is 23.5 Å². The van der Waals surface area contributed by atoms with Crippen molar-refractivity contribution in [2.45, 2.75) is 46.1 Å². The highest BCUT2D eigenvalue weighted by molar-refractivity contribution is 5.93. The number of rotatable bonds is 8. The maximum atomic E-state index is 13.2. The number of benzene rings is 2. The summed E-state index contributed by atoms with van der Waals surface area (Å²) in [6, 6.07) is 13.5. The molecule has 0 unspecified atom stereocenters. The summed E-state index contributed by atoms with van der Waals surface area (Å²) in [6.07, 6.45) is 2.10. The lowest BCUT2D eigenvalue weighted by molar-refractivity contribution is -0.151. The Morgan fingerprint density at radius 2 is 1.70 bits per heavy atom. The normalized spacial score (nSPS) is 15.7. The van der Waals surface area contributed by atoms with Crippen LogP contribution in [0.15, 0.2) is 48.5 Å². The molecule has 0 aromatic heterocycles. The molecule has 2 amide bonds. The SMILES string of the molecule is CCOC(=O)[C@H]1CCCN(C(=O)Cc2ccc(N(Cc3ccc(F)cc3)C(=O)CC)cc2)C1. The first-order valence-corrected chi connectivity index (χ1v) is 11.5. The minimum atomic E-state index is -0.316. The fourth-order valence-electron chi connectivity index (χ4n) is 4.02. The second-order valence-electron chi connectivity index (χ2n) is 8.23. The molecule has 2 aromatic rings. The van der Waals surface area contributed by atoms with Crippen LogP contribution in [-0.4, -0.2) is 42.4 Å². The molecular weight excluding hydrogens is 423 g/mol. The van der Waals surface area contributed by atoms with E-state index in [1.165, 1.54) is 12.1 Å². The van der Waals surface area contributed by atoms with Crippen LogP contribution in [0.1, 0.15) is 44.2 Å². The van der Waals surface area contributed by atoms with Crippen molar-refractivity contribution in [2.24, 2.45) is 5.92 Å². The predicted molar refractivity (Wildman–Crippen MR) is 124 cm³/mol. The fourth-order valence-corrected chi connectivity index (χ4v) is 4.02. The van der Waals surface area contributed by atoms with Crippen LogP contribution < -0.4 is 4.90 Å². The van der Waals surface area contributed by atoms with Gasteiger partial charge >= 0.3 is 5.97 Å². The first-order valence-electron chi connectivity index (χ1n) is 11.5. The molecule has 2 aromatic carbocycles. The molecule has 0 saturated carbocycles. The van der Waals surface area contributed by atoms with E-state index in [2.05, 4.69) is 0 Å². The van der Waals surface area contributed by atoms with E-state index in [0.717, 1.165) is 29.7 Å². The zero-order valence-corrected chi connectivity index (χ0v) is 19.3. The topological polar surface area (TPSA) is 66.9 Å². The minimum Gasteiger partial charge on any atom is -0.466 e. The highest BCUT2D eigenvalue weighted by Gasteiger charge is 2.29. The van der Waals surface area contributed by atoms with E-state index in [1.807, 2.05) is 24.3 Å². The summed E-state index contributed by atoms with van der Waals surface area (Å²) in [5.74, 6) is -0.874. The molecule has 0 aliphatic carbocycles. The molecule has 1 aliphatic heterocycles. The summed E-state index contributed by atoms with van der Waals surface area (Å²) in [5.41, 5.74) is 2.40. The lowest BCUT2D eigenvalue weighted by Gasteiger charge is -2.31. The number of hydrogen-bond donors (Lipinski definition) is 0. The van der Waals surface area contributed by atoms with Gasteiger partial charge in [0.15, 0.2) is 0 Å². The van der Waals surface area contributed by atoms with E-state index in [1.54, 1.807) is 35.8 Å². The van der Waals surface area contributed by atoms with Gasteiger partial charge in [0, 0.05) is 25.2 Å². The van der Waals surface area contributed by atoms with Gasteiger partial charge < -0.3 is 14.5 Å². The predicted octanol–water partition coefficient (Wildman–Crippen LogP) is 4.11. The Kier molecular flexibility index (Phi) is 8.58. The van der Waals surface area contributed by atoms with Gasteiger partial charge in [-0.25, -0.2) is 4.39 Å². The highest BCUT2D eigenvalue weighted by atomic mass is 19.1. The van der Waals surface area contributed by atoms with E-state index in [9.17, 15) is 18.8 Å². The van der Waals surface area contributed by atoms with Gasteiger partial charge in [-0.05, 0) is 55.2 Å². The third kappa shape index (κ3) is 6.63. The Balaban J connectivity index is 1.65. The first kappa shape index (κ1) is 24.4. The average Bonchev–Trinajstić information content (AvgIpc) is 2.84. The summed E-state index contributed by atoms with van der Waals surface area (Å²) in [5, 5.41) is 0. The highest BCUT2D eigenvalue weighted by Crippen LogP contribution is 2.22. The molecule has 1 saturated heterocycles. The zero-order chi connectivity index (χ0) is 23.8. The molecule has 3 rings (SSSR count). The number of esters is 1. The monoisotopic (exact) mass is 454 g/mol. The summed E-state index contributed by atoms with van der Waals surface area (Å²) in [7, 11) is 0. The molecule has 1 atom stereocenters. The number of ether oxygens (including phenoxy) is 1. The largest absolute Gasteiger partial charge is 0.466 e. The van der Waals surface area contributed by atoms with E-state index in [-0.39, 0.29) is 35.9 Å². The molecule has 0 spiro atoms. The van der Waals surface area contributed by atoms with E-state index < -0.39 is 0 Å². The lowest BCUT2D eigenvalue weighted by Crippen LogP contribution is -2.43. The van der Waals surface area contributed by atoms with Gasteiger partial charge in [0.25, 0.3) is 0 Å². The summed E-state index contributed by atoms with van der Waals surface area (Å²) in [6.45, 7) is 5.30. The van der Waals surface area contributed by atoms with Gasteiger partial charge in [-0.1, -0.05) is 31.2 Å². The van der Waals surface area contributed by atoms with Gasteiger partial charge in [-0.3, -0.25) is 14.4 Å². The maximum absolute atomic E-state index is 13.2. The van der Waals surface area contributed by atoms with E-state index in [0.29, 0.717) is 32.7 Å². The molecular formula is C26H31FN2O4. The Labute approximate surface area is 194 Å². The van der Waals surface area contributed by atoms with E-state index in [4.69, 9.17) is 4.74 Å². The molecule has 1 heterocycles. The number of piperidine rings is 1. The number of anilines is 1. The number of carbonyl (C=O) groups excluding carboxylic acids is 3. The van der Waals surface area contributed by atoms with Crippen molar-refractivity contribution in [3.63, 3.8) is 0 Å². The average molecular weight is 455 g/mol. The molecule has 0 bridgehead atoms. The Hall–Kier alpha value is -3.22. The van der Waals surface area contributed by atoms with Crippen LogP contribution in [0.5, 0.6) is 0 Å². The zero-order valence-electron chi connectivity index (χ0n) is 19.3. The molecule has 0 N–H and O–H groups in total. The number of nitrogens with zero attached hydrogens (tertiary/aromatic N) is 2. The molecule has 33 heavy (non-hydrogen) atoms. The van der Waals surface area contributed by atoms with Crippen molar-refractivity contribution in [1.29, 1.82) is 0 Å². The van der Waals surface area contributed by atoms with Crippen molar-refractivity contribution in [3.8, 4) is 0 Å². The number of hydrogen-bond acceptors (Lipinski definition) is 4. The van der Waals surface area contributed by atoms with Crippen LogP contribution >= 0.6 is 0 Å². The molecule has 1 aliphatic rings. The Morgan fingerprint density at radius 3 is 2.33 bits per heavy atom. The second kappa shape index (κ2) is 11.6. The number of carbonyl (C=O) groups is 3. The first-order chi connectivity index (χ1) is 15.9. The van der Waals surface area contributed by atoms with Crippen LogP contribution in [0, 0.1) is 11.7 Å². The molecule has 1 fully saturated rings. The van der Waals surface area contributed by atoms with Gasteiger partial charge in [-0.2, -0.15) is 0 Å². The number of likely N-dealkylation sites (tertiary alicyclic amines) is 1. The maximum Gasteiger partial charge on any atom is 0.310 e. The van der Waals surface area contributed by atoms with Crippen LogP contribution in [0.25, 0.3) is 0 Å². The minimum absolute atomic E-state index is 0.0236. The molecule has 176 valence electrons. The summed E-state index contributed by atoms with van der Waals surface area (Å²) in [4.78, 5) is 40.8. The van der Waals surface area contributed by atoms with Gasteiger partial charge in [0.2, 0.25) is 11.8 Å². The fraction of sp³-hybridized carbons (Fsp3) is 0.423. The van der Waals surface area contributed by atoms with Crippen molar-refractivity contribution < 1.29 is 23.5 Å². The third-order valence-corrected chi connectivity index (χ3v) is 5.85. The van der Waals surface area contributed by atoms with Crippen molar-refractivity contribution in [3.05, 3.63) is 65.5 Å². The molecule has 0 radical (unpaired) electrons. The summed E-state index contributed by atoms with van der Waals surface area (Å²) >= 11 is 0. The van der Waals surface area contributed by atoms with Crippen LogP contribution in [0.3, 0.4) is 0 Å². The molecule has 7 heteroatoms. The quantitative estimate of drug-likeness (QED) is 0.563. The van der Waals surface area contributed by atoms with Crippen molar-refractivity contribution in [2.75, 3.05) is 24.6 Å². The molecule has 6 nitrogen and oxygen atoms in total. The Morgan fingerprint density at radius 1 is 1.03 bits per heavy atom. The second-order valence-corrected chi connectivity index (χ2v) is 8.23. The number of amides is 2. The van der Waals surface area contributed by atoms with Gasteiger partial charge in [0.1, 0.15) is 5.82 Å². The van der Waals surface area contributed by atoms with Crippen LogP contribution in [-0.2, 0) is 32.1 Å².